The normalized spacial score (nSPS) is 23.6. The summed E-state index contributed by atoms with van der Waals surface area (Å²) in [5.74, 6) is -0.214. The molecule has 1 aliphatic rings. The third-order valence-corrected chi connectivity index (χ3v) is 4.77. The fourth-order valence-corrected chi connectivity index (χ4v) is 3.38. The van der Waals surface area contributed by atoms with Crippen molar-refractivity contribution in [2.45, 2.75) is 63.4 Å². The van der Waals surface area contributed by atoms with Gasteiger partial charge in [0.25, 0.3) is 0 Å². The van der Waals surface area contributed by atoms with Gasteiger partial charge in [-0.3, -0.25) is 4.57 Å². The van der Waals surface area contributed by atoms with Crippen LogP contribution in [0, 0.1) is 0 Å². The molecule has 0 spiro atoms. The molecule has 3 heterocycles. The average Bonchev–Trinajstić information content (AvgIpc) is 3.14. The summed E-state index contributed by atoms with van der Waals surface area (Å²) >= 11 is 0. The van der Waals surface area contributed by atoms with Crippen LogP contribution in [-0.2, 0) is 11.3 Å². The van der Waals surface area contributed by atoms with Crippen LogP contribution in [0.15, 0.2) is 4.79 Å². The van der Waals surface area contributed by atoms with Crippen molar-refractivity contribution in [3.05, 3.63) is 10.5 Å². The van der Waals surface area contributed by atoms with Crippen molar-refractivity contribution in [3.8, 4) is 5.88 Å². The number of aryl methyl sites for hydroxylation is 1. The number of aliphatic hydroxyl groups excluding tert-OH is 2. The lowest BCUT2D eigenvalue weighted by Crippen LogP contribution is -2.39. The molecule has 10 nitrogen and oxygen atoms in total. The van der Waals surface area contributed by atoms with Crippen molar-refractivity contribution in [3.63, 3.8) is 0 Å². The first-order valence-corrected chi connectivity index (χ1v) is 9.00. The number of methoxy groups -OCH3 is 1. The molecule has 1 fully saturated rings. The molecule has 1 unspecified atom stereocenters. The van der Waals surface area contributed by atoms with Crippen LogP contribution < -0.4 is 16.2 Å². The Labute approximate surface area is 162 Å². The van der Waals surface area contributed by atoms with Crippen molar-refractivity contribution >= 4 is 17.1 Å². The molecule has 0 aromatic carbocycles. The van der Waals surface area contributed by atoms with E-state index in [1.165, 1.54) is 11.7 Å². The van der Waals surface area contributed by atoms with E-state index in [1.54, 1.807) is 0 Å². The Balaban J connectivity index is 2.13. The highest BCUT2D eigenvalue weighted by molar-refractivity contribution is 5.78. The zero-order chi connectivity index (χ0) is 21.5. The number of ether oxygens (including phenoxy) is 2. The van der Waals surface area contributed by atoms with Crippen LogP contribution in [0.1, 0.15) is 32.4 Å². The van der Waals surface area contributed by atoms with Crippen molar-refractivity contribution in [1.82, 2.24) is 19.1 Å². The Hall–Kier alpha value is -2.38. The molecule has 13 heteroatoms. The molecule has 0 amide bonds. The second kappa shape index (κ2) is 7.80. The van der Waals surface area contributed by atoms with Gasteiger partial charge in [0.15, 0.2) is 23.5 Å². The van der Waals surface area contributed by atoms with E-state index in [1.807, 2.05) is 6.92 Å². The number of aliphatic hydroxyl groups is 2. The molecular formula is C16H22F3N5O5. The maximum Gasteiger partial charge on any atom is 0.416 e. The Bertz CT molecular complexity index is 944. The highest BCUT2D eigenvalue weighted by Gasteiger charge is 2.50. The van der Waals surface area contributed by atoms with E-state index in [4.69, 9.17) is 15.2 Å². The molecule has 1 aliphatic heterocycles. The van der Waals surface area contributed by atoms with E-state index in [9.17, 15) is 28.2 Å². The van der Waals surface area contributed by atoms with Gasteiger partial charge < -0.3 is 25.4 Å². The number of rotatable bonds is 6. The van der Waals surface area contributed by atoms with E-state index >= 15 is 0 Å². The topological polar surface area (TPSA) is 138 Å². The van der Waals surface area contributed by atoms with Gasteiger partial charge in [-0.2, -0.15) is 23.1 Å². The number of nitrogens with zero attached hydrogens (tertiary/aromatic N) is 4. The first-order chi connectivity index (χ1) is 13.6. The molecule has 3 rings (SSSR count). The molecule has 162 valence electrons. The first-order valence-electron chi connectivity index (χ1n) is 9.00. The van der Waals surface area contributed by atoms with E-state index in [0.29, 0.717) is 6.42 Å². The van der Waals surface area contributed by atoms with E-state index in [0.717, 1.165) is 11.0 Å². The SMILES string of the molecule is CCCCn1c(=O)n([C@@H]2O[C@H](C(O)C(F)(F)F)C[C@H]2O)c2nc(N)nc(OC)c21. The van der Waals surface area contributed by atoms with E-state index in [-0.39, 0.29) is 29.5 Å². The van der Waals surface area contributed by atoms with Crippen molar-refractivity contribution < 1.29 is 32.9 Å². The molecule has 2 aromatic rings. The monoisotopic (exact) mass is 421 g/mol. The second-order valence-corrected chi connectivity index (χ2v) is 6.78. The quantitative estimate of drug-likeness (QED) is 0.615. The molecule has 4 atom stereocenters. The van der Waals surface area contributed by atoms with Crippen LogP contribution in [0.4, 0.5) is 19.1 Å². The van der Waals surface area contributed by atoms with Crippen LogP contribution in [0.2, 0.25) is 0 Å². The molecular weight excluding hydrogens is 399 g/mol. The minimum atomic E-state index is -4.94. The Kier molecular flexibility index (Phi) is 5.74. The van der Waals surface area contributed by atoms with Gasteiger partial charge in [-0.1, -0.05) is 13.3 Å². The highest BCUT2D eigenvalue weighted by Crippen LogP contribution is 2.37. The smallest absolute Gasteiger partial charge is 0.416 e. The molecule has 2 aromatic heterocycles. The van der Waals surface area contributed by atoms with Gasteiger partial charge in [0.1, 0.15) is 6.10 Å². The lowest BCUT2D eigenvalue weighted by atomic mass is 10.1. The largest absolute Gasteiger partial charge is 0.479 e. The number of alkyl halides is 3. The Morgan fingerprint density at radius 1 is 1.41 bits per heavy atom. The Morgan fingerprint density at radius 3 is 2.69 bits per heavy atom. The van der Waals surface area contributed by atoms with E-state index in [2.05, 4.69) is 9.97 Å². The van der Waals surface area contributed by atoms with Crippen LogP contribution >= 0.6 is 0 Å². The average molecular weight is 421 g/mol. The van der Waals surface area contributed by atoms with Crippen LogP contribution in [0.3, 0.4) is 0 Å². The number of nitrogen functional groups attached to an aromatic ring is 1. The fourth-order valence-electron chi connectivity index (χ4n) is 3.38. The molecule has 0 saturated carbocycles. The van der Waals surface area contributed by atoms with Crippen molar-refractivity contribution in [1.29, 1.82) is 0 Å². The maximum atomic E-state index is 13.1. The number of anilines is 1. The summed E-state index contributed by atoms with van der Waals surface area (Å²) < 4.78 is 51.2. The summed E-state index contributed by atoms with van der Waals surface area (Å²) in [7, 11) is 1.32. The van der Waals surface area contributed by atoms with Crippen LogP contribution in [0.5, 0.6) is 5.88 Å². The lowest BCUT2D eigenvalue weighted by molar-refractivity contribution is -0.237. The van der Waals surface area contributed by atoms with Crippen LogP contribution in [0.25, 0.3) is 11.2 Å². The molecule has 29 heavy (non-hydrogen) atoms. The summed E-state index contributed by atoms with van der Waals surface area (Å²) in [5.41, 5.74) is 5.16. The standard InChI is InChI=1S/C16H22F3N5O5/c1-3-4-5-23-9-11(21-14(20)22-12(9)28-2)24(15(23)27)13-7(25)6-8(29-13)10(26)16(17,18)19/h7-8,10,13,25-26H,3-6H2,1-2H3,(H2,20,21,22)/t7-,8+,10?,13-/m1/s1. The highest BCUT2D eigenvalue weighted by atomic mass is 19.4. The number of nitrogens with two attached hydrogens (primary N) is 1. The number of aromatic nitrogens is 4. The molecule has 4 N–H and O–H groups in total. The maximum absolute atomic E-state index is 13.1. The summed E-state index contributed by atoms with van der Waals surface area (Å²) in [4.78, 5) is 21.0. The zero-order valence-corrected chi connectivity index (χ0v) is 15.8. The third kappa shape index (κ3) is 3.76. The second-order valence-electron chi connectivity index (χ2n) is 6.78. The predicted octanol–water partition coefficient (Wildman–Crippen LogP) is 0.555. The van der Waals surface area contributed by atoms with Gasteiger partial charge >= 0.3 is 11.9 Å². The predicted molar refractivity (Wildman–Crippen MR) is 94.3 cm³/mol. The molecule has 0 bridgehead atoms. The van der Waals surface area contributed by atoms with Gasteiger partial charge in [0.2, 0.25) is 11.8 Å². The third-order valence-electron chi connectivity index (χ3n) is 4.77. The molecule has 0 aliphatic carbocycles. The zero-order valence-electron chi connectivity index (χ0n) is 15.8. The minimum absolute atomic E-state index is 0.0128. The van der Waals surface area contributed by atoms with E-state index < -0.39 is 42.8 Å². The van der Waals surface area contributed by atoms with Crippen LogP contribution in [-0.4, -0.2) is 60.9 Å². The minimum Gasteiger partial charge on any atom is -0.479 e. The first kappa shape index (κ1) is 21.3. The summed E-state index contributed by atoms with van der Waals surface area (Å²) in [6.07, 6.45) is -11.6. The number of halogens is 3. The lowest BCUT2D eigenvalue weighted by Gasteiger charge is -2.21. The van der Waals surface area contributed by atoms with Crippen molar-refractivity contribution in [2.24, 2.45) is 0 Å². The van der Waals surface area contributed by atoms with Gasteiger partial charge in [-0.05, 0) is 6.42 Å². The summed E-state index contributed by atoms with van der Waals surface area (Å²) in [6.45, 7) is 2.18. The number of hydrogen-bond donors (Lipinski definition) is 3. The number of unbranched alkanes of at least 4 members (excludes halogenated alkanes) is 1. The summed E-state index contributed by atoms with van der Waals surface area (Å²) in [6, 6.07) is 0. The summed E-state index contributed by atoms with van der Waals surface area (Å²) in [5, 5.41) is 19.8. The fraction of sp³-hybridized carbons (Fsp3) is 0.688. The van der Waals surface area contributed by atoms with Gasteiger partial charge in [0, 0.05) is 13.0 Å². The Morgan fingerprint density at radius 2 is 2.10 bits per heavy atom. The molecule has 1 saturated heterocycles. The number of imidazole rings is 1. The van der Waals surface area contributed by atoms with Gasteiger partial charge in [-0.15, -0.1) is 0 Å². The van der Waals surface area contributed by atoms with Crippen molar-refractivity contribution in [2.75, 3.05) is 12.8 Å². The molecule has 0 radical (unpaired) electrons. The number of hydrogen-bond acceptors (Lipinski definition) is 8. The van der Waals surface area contributed by atoms with Gasteiger partial charge in [0.05, 0.1) is 13.2 Å². The van der Waals surface area contributed by atoms with Gasteiger partial charge in [-0.25, -0.2) is 9.36 Å². The number of fused-ring (bicyclic) bond motifs is 1.